The number of nitrogens with one attached hydrogen (secondary N) is 1. The zero-order valence-corrected chi connectivity index (χ0v) is 10.7. The second-order valence-electron chi connectivity index (χ2n) is 3.93. The summed E-state index contributed by atoms with van der Waals surface area (Å²) in [6.07, 6.45) is 4.33. The van der Waals surface area contributed by atoms with Crippen molar-refractivity contribution in [3.63, 3.8) is 0 Å². The summed E-state index contributed by atoms with van der Waals surface area (Å²) in [5.74, 6) is -1.43. The molecule has 0 fully saturated rings. The van der Waals surface area contributed by atoms with E-state index >= 15 is 0 Å². The quantitative estimate of drug-likeness (QED) is 0.864. The van der Waals surface area contributed by atoms with Crippen LogP contribution in [0, 0.1) is 5.82 Å². The molecule has 0 aliphatic heterocycles. The van der Waals surface area contributed by atoms with E-state index in [1.54, 1.807) is 6.07 Å². The number of methoxy groups -OCH3 is 1. The highest BCUT2D eigenvalue weighted by molar-refractivity contribution is 5.89. The van der Waals surface area contributed by atoms with E-state index in [0.29, 0.717) is 5.56 Å². The van der Waals surface area contributed by atoms with Crippen LogP contribution in [0.15, 0.2) is 36.9 Å². The van der Waals surface area contributed by atoms with Gasteiger partial charge in [0, 0.05) is 18.9 Å². The van der Waals surface area contributed by atoms with Crippen molar-refractivity contribution < 1.29 is 18.7 Å². The zero-order valence-electron chi connectivity index (χ0n) is 10.7. The summed E-state index contributed by atoms with van der Waals surface area (Å²) < 4.78 is 19.4. The van der Waals surface area contributed by atoms with Crippen LogP contribution in [0.5, 0.6) is 0 Å². The summed E-state index contributed by atoms with van der Waals surface area (Å²) in [6.45, 7) is 0.134. The Labute approximate surface area is 114 Å². The number of ether oxygens (including phenoxy) is 1. The first-order chi connectivity index (χ1) is 9.61. The number of amides is 1. The van der Waals surface area contributed by atoms with Gasteiger partial charge in [-0.3, -0.25) is 4.57 Å². The first kappa shape index (κ1) is 13.7. The predicted octanol–water partition coefficient (Wildman–Crippen LogP) is 1.57. The van der Waals surface area contributed by atoms with E-state index in [0.717, 1.165) is 0 Å². The molecule has 0 saturated carbocycles. The summed E-state index contributed by atoms with van der Waals surface area (Å²) in [5.41, 5.74) is 0.390. The van der Waals surface area contributed by atoms with E-state index in [1.165, 1.54) is 42.5 Å². The maximum atomic E-state index is 13.7. The number of hydrogen-bond acceptors (Lipinski definition) is 4. The SMILES string of the molecule is COC(=O)c1ccc(CNC(=O)n2ccnc2)cc1F. The largest absolute Gasteiger partial charge is 0.465 e. The third-order valence-corrected chi connectivity index (χ3v) is 2.62. The molecule has 20 heavy (non-hydrogen) atoms. The maximum absolute atomic E-state index is 13.7. The van der Waals surface area contributed by atoms with Crippen molar-refractivity contribution in [1.82, 2.24) is 14.9 Å². The molecule has 1 heterocycles. The molecule has 2 aromatic rings. The number of imidazole rings is 1. The molecule has 6 nitrogen and oxygen atoms in total. The fraction of sp³-hybridized carbons (Fsp3) is 0.154. The molecule has 0 saturated heterocycles. The average Bonchev–Trinajstić information content (AvgIpc) is 2.98. The molecule has 1 aromatic carbocycles. The molecule has 0 spiro atoms. The summed E-state index contributed by atoms with van der Waals surface area (Å²) >= 11 is 0. The molecule has 1 aromatic heterocycles. The van der Waals surface area contributed by atoms with Crippen molar-refractivity contribution in [3.8, 4) is 0 Å². The first-order valence-electron chi connectivity index (χ1n) is 5.74. The van der Waals surface area contributed by atoms with E-state index in [2.05, 4.69) is 15.0 Å². The summed E-state index contributed by atoms with van der Waals surface area (Å²) in [6, 6.07) is 3.67. The van der Waals surface area contributed by atoms with Crippen LogP contribution in [0.1, 0.15) is 15.9 Å². The normalized spacial score (nSPS) is 10.1. The van der Waals surface area contributed by atoms with Crippen molar-refractivity contribution in [3.05, 3.63) is 53.9 Å². The Bertz CT molecular complexity index is 626. The van der Waals surface area contributed by atoms with E-state index in [1.807, 2.05) is 0 Å². The molecule has 1 amide bonds. The van der Waals surface area contributed by atoms with Gasteiger partial charge in [0.25, 0.3) is 0 Å². The number of aromatic nitrogens is 2. The van der Waals surface area contributed by atoms with E-state index < -0.39 is 11.8 Å². The Balaban J connectivity index is 2.02. The third-order valence-electron chi connectivity index (χ3n) is 2.62. The molecule has 104 valence electrons. The van der Waals surface area contributed by atoms with Crippen molar-refractivity contribution in [2.45, 2.75) is 6.54 Å². The molecule has 1 N–H and O–H groups in total. The van der Waals surface area contributed by atoms with Gasteiger partial charge in [0.1, 0.15) is 12.1 Å². The number of benzene rings is 1. The lowest BCUT2D eigenvalue weighted by Crippen LogP contribution is -2.27. The lowest BCUT2D eigenvalue weighted by Gasteiger charge is -2.07. The maximum Gasteiger partial charge on any atom is 0.340 e. The lowest BCUT2D eigenvalue weighted by molar-refractivity contribution is 0.0595. The second kappa shape index (κ2) is 5.96. The highest BCUT2D eigenvalue weighted by Gasteiger charge is 2.12. The number of halogens is 1. The molecule has 2 rings (SSSR count). The molecular formula is C13H12FN3O3. The highest BCUT2D eigenvalue weighted by atomic mass is 19.1. The predicted molar refractivity (Wildman–Crippen MR) is 67.6 cm³/mol. The Morgan fingerprint density at radius 2 is 2.25 bits per heavy atom. The van der Waals surface area contributed by atoms with Gasteiger partial charge >= 0.3 is 12.0 Å². The summed E-state index contributed by atoms with van der Waals surface area (Å²) in [4.78, 5) is 26.6. The second-order valence-corrected chi connectivity index (χ2v) is 3.93. The van der Waals surface area contributed by atoms with Gasteiger partial charge in [-0.2, -0.15) is 0 Å². The third kappa shape index (κ3) is 3.00. The average molecular weight is 277 g/mol. The van der Waals surface area contributed by atoms with Crippen molar-refractivity contribution in [1.29, 1.82) is 0 Å². The van der Waals surface area contributed by atoms with Crippen molar-refractivity contribution >= 4 is 12.0 Å². The number of esters is 1. The number of nitrogens with zero attached hydrogens (tertiary/aromatic N) is 2. The Kier molecular flexibility index (Phi) is 4.09. The first-order valence-corrected chi connectivity index (χ1v) is 5.74. The van der Waals surface area contributed by atoms with Gasteiger partial charge in [-0.1, -0.05) is 6.07 Å². The van der Waals surface area contributed by atoms with Crippen molar-refractivity contribution in [2.75, 3.05) is 7.11 Å². The molecule has 0 atom stereocenters. The molecule has 0 bridgehead atoms. The molecule has 0 aliphatic carbocycles. The van der Waals surface area contributed by atoms with Crippen LogP contribution < -0.4 is 5.32 Å². The Morgan fingerprint density at radius 1 is 1.45 bits per heavy atom. The standard InChI is InChI=1S/C13H12FN3O3/c1-20-12(18)10-3-2-9(6-11(10)14)7-16-13(19)17-5-4-15-8-17/h2-6,8H,7H2,1H3,(H,16,19). The molecule has 0 aliphatic rings. The minimum absolute atomic E-state index is 0.134. The van der Waals surface area contributed by atoms with Crippen LogP contribution in [0.3, 0.4) is 0 Å². The lowest BCUT2D eigenvalue weighted by atomic mass is 10.1. The van der Waals surface area contributed by atoms with Gasteiger partial charge in [0.15, 0.2) is 0 Å². The fourth-order valence-electron chi connectivity index (χ4n) is 1.59. The highest BCUT2D eigenvalue weighted by Crippen LogP contribution is 2.11. The van der Waals surface area contributed by atoms with Crippen LogP contribution in [-0.4, -0.2) is 28.7 Å². The Morgan fingerprint density at radius 3 is 2.85 bits per heavy atom. The number of hydrogen-bond donors (Lipinski definition) is 1. The van der Waals surface area contributed by atoms with Crippen LogP contribution in [0.25, 0.3) is 0 Å². The zero-order chi connectivity index (χ0) is 14.5. The van der Waals surface area contributed by atoms with E-state index in [-0.39, 0.29) is 18.1 Å². The van der Waals surface area contributed by atoms with Gasteiger partial charge in [0.2, 0.25) is 0 Å². The number of rotatable bonds is 3. The fourth-order valence-corrected chi connectivity index (χ4v) is 1.59. The van der Waals surface area contributed by atoms with Crippen LogP contribution in [0.4, 0.5) is 9.18 Å². The van der Waals surface area contributed by atoms with Gasteiger partial charge in [-0.15, -0.1) is 0 Å². The molecular weight excluding hydrogens is 265 g/mol. The van der Waals surface area contributed by atoms with Crippen LogP contribution in [0.2, 0.25) is 0 Å². The smallest absolute Gasteiger partial charge is 0.340 e. The minimum Gasteiger partial charge on any atom is -0.465 e. The Hall–Kier alpha value is -2.70. The van der Waals surface area contributed by atoms with E-state index in [9.17, 15) is 14.0 Å². The number of carbonyl (C=O) groups excluding carboxylic acids is 2. The van der Waals surface area contributed by atoms with Crippen molar-refractivity contribution in [2.24, 2.45) is 0 Å². The van der Waals surface area contributed by atoms with Gasteiger partial charge in [0.05, 0.1) is 12.7 Å². The number of carbonyl (C=O) groups is 2. The monoisotopic (exact) mass is 277 g/mol. The summed E-state index contributed by atoms with van der Waals surface area (Å²) in [7, 11) is 1.18. The molecule has 7 heteroatoms. The van der Waals surface area contributed by atoms with Gasteiger partial charge < -0.3 is 10.1 Å². The van der Waals surface area contributed by atoms with Crippen LogP contribution >= 0.6 is 0 Å². The van der Waals surface area contributed by atoms with Crippen LogP contribution in [-0.2, 0) is 11.3 Å². The van der Waals surface area contributed by atoms with E-state index in [4.69, 9.17) is 0 Å². The molecule has 0 unspecified atom stereocenters. The summed E-state index contributed by atoms with van der Waals surface area (Å²) in [5, 5.41) is 2.59. The minimum atomic E-state index is -0.739. The van der Waals surface area contributed by atoms with Gasteiger partial charge in [-0.05, 0) is 17.7 Å². The molecule has 0 radical (unpaired) electrons. The van der Waals surface area contributed by atoms with Gasteiger partial charge in [-0.25, -0.2) is 19.0 Å². The topological polar surface area (TPSA) is 73.2 Å².